The van der Waals surface area contributed by atoms with Crippen LogP contribution in [0.25, 0.3) is 0 Å². The second kappa shape index (κ2) is 9.65. The van der Waals surface area contributed by atoms with E-state index in [1.54, 1.807) is 11.8 Å². The zero-order valence-electron chi connectivity index (χ0n) is 14.7. The Balaban J connectivity index is 3.79. The quantitative estimate of drug-likeness (QED) is 0.285. The van der Waals surface area contributed by atoms with E-state index in [9.17, 15) is 23.3 Å². The van der Waals surface area contributed by atoms with Gasteiger partial charge in [-0.05, 0) is 13.0 Å². The highest BCUT2D eigenvalue weighted by molar-refractivity contribution is 9.09. The fourth-order valence-electron chi connectivity index (χ4n) is 2.33. The normalized spacial score (nSPS) is 11.3. The Morgan fingerprint density at radius 3 is 2.15 bits per heavy atom. The number of nitrogens with zero attached hydrogens (tertiary/aromatic N) is 3. The van der Waals surface area contributed by atoms with Gasteiger partial charge >= 0.3 is 0 Å². The van der Waals surface area contributed by atoms with E-state index in [2.05, 4.69) is 31.9 Å². The van der Waals surface area contributed by atoms with Crippen molar-refractivity contribution in [3.63, 3.8) is 0 Å². The van der Waals surface area contributed by atoms with Crippen molar-refractivity contribution in [1.82, 2.24) is 4.90 Å². The molecule has 0 aliphatic rings. The van der Waals surface area contributed by atoms with Crippen molar-refractivity contribution in [2.45, 2.75) is 11.8 Å². The molecule has 11 heteroatoms. The van der Waals surface area contributed by atoms with E-state index < -0.39 is 26.4 Å². The Bertz CT molecular complexity index is 780. The Morgan fingerprint density at radius 1 is 1.23 bits per heavy atom. The molecule has 26 heavy (non-hydrogen) atoms. The second-order valence-electron chi connectivity index (χ2n) is 5.55. The third-order valence-electron chi connectivity index (χ3n) is 3.77. The Morgan fingerprint density at radius 2 is 1.77 bits per heavy atom. The summed E-state index contributed by atoms with van der Waals surface area (Å²) in [5.74, 6) is -0.530. The lowest BCUT2D eigenvalue weighted by atomic mass is 10.1. The minimum absolute atomic E-state index is 0.129. The van der Waals surface area contributed by atoms with E-state index in [1.165, 1.54) is 18.0 Å². The molecule has 1 rings (SSSR count). The largest absolute Gasteiger partial charge is 0.369 e. The van der Waals surface area contributed by atoms with Crippen LogP contribution in [0.5, 0.6) is 0 Å². The Kier molecular flexibility index (Phi) is 8.48. The summed E-state index contributed by atoms with van der Waals surface area (Å²) in [5, 5.41) is 12.6. The fourth-order valence-corrected chi connectivity index (χ4v) is 4.08. The predicted molar refractivity (Wildman–Crippen MR) is 109 cm³/mol. The maximum absolute atomic E-state index is 12.6. The van der Waals surface area contributed by atoms with Crippen LogP contribution in [-0.2, 0) is 9.84 Å². The number of amides is 1. The summed E-state index contributed by atoms with van der Waals surface area (Å²) >= 11 is 6.64. The van der Waals surface area contributed by atoms with Crippen LogP contribution < -0.4 is 4.90 Å². The zero-order valence-corrected chi connectivity index (χ0v) is 18.7. The van der Waals surface area contributed by atoms with E-state index in [1.807, 2.05) is 0 Å². The number of alkyl halides is 2. The van der Waals surface area contributed by atoms with Crippen LogP contribution in [0.1, 0.15) is 17.3 Å². The molecule has 0 fully saturated rings. The zero-order chi connectivity index (χ0) is 20.1. The molecule has 1 amide bonds. The molecule has 1 aromatic rings. The molecule has 0 aromatic heterocycles. The minimum Gasteiger partial charge on any atom is -0.369 e. The Labute approximate surface area is 169 Å². The summed E-state index contributed by atoms with van der Waals surface area (Å²) in [6, 6.07) is 2.30. The van der Waals surface area contributed by atoms with E-state index in [-0.39, 0.29) is 16.1 Å². The first-order valence-electron chi connectivity index (χ1n) is 7.73. The number of benzene rings is 1. The van der Waals surface area contributed by atoms with Gasteiger partial charge in [-0.15, -0.1) is 0 Å². The number of nitro benzene ring substituents is 1. The van der Waals surface area contributed by atoms with Gasteiger partial charge in [0.25, 0.3) is 11.6 Å². The molecule has 0 N–H and O–H groups in total. The lowest BCUT2D eigenvalue weighted by molar-refractivity contribution is -0.385. The number of anilines is 1. The van der Waals surface area contributed by atoms with Gasteiger partial charge in [-0.3, -0.25) is 14.9 Å². The monoisotopic (exact) mass is 513 g/mol. The van der Waals surface area contributed by atoms with Crippen LogP contribution >= 0.6 is 31.9 Å². The molecule has 0 spiro atoms. The van der Waals surface area contributed by atoms with Crippen molar-refractivity contribution in [1.29, 1.82) is 0 Å². The summed E-state index contributed by atoms with van der Waals surface area (Å²) in [5.41, 5.74) is -0.363. The number of rotatable bonds is 9. The van der Waals surface area contributed by atoms with Crippen molar-refractivity contribution < 1.29 is 18.1 Å². The summed E-state index contributed by atoms with van der Waals surface area (Å²) in [4.78, 5) is 26.3. The summed E-state index contributed by atoms with van der Waals surface area (Å²) in [6.45, 7) is 3.06. The standard InChI is InChI=1S/C15H21Br2N3O5S/c1-4-18(2)15(21)11-9-13(19(7-5-16)8-6-17)14(26(3,24)25)10-12(11)20(22)23/h9-10H,4-8H2,1-3H3. The number of carbonyl (C=O) groups is 1. The predicted octanol–water partition coefficient (Wildman–Crippen LogP) is 2.69. The number of hydrogen-bond donors (Lipinski definition) is 0. The average Bonchev–Trinajstić information content (AvgIpc) is 2.58. The molecule has 0 aliphatic heterocycles. The van der Waals surface area contributed by atoms with E-state index >= 15 is 0 Å². The molecule has 146 valence electrons. The lowest BCUT2D eigenvalue weighted by Gasteiger charge is -2.26. The van der Waals surface area contributed by atoms with Crippen LogP contribution in [0.2, 0.25) is 0 Å². The van der Waals surface area contributed by atoms with Gasteiger partial charge in [0.05, 0.1) is 15.5 Å². The first kappa shape index (κ1) is 22.8. The van der Waals surface area contributed by atoms with E-state index in [4.69, 9.17) is 0 Å². The smallest absolute Gasteiger partial charge is 0.283 e. The van der Waals surface area contributed by atoms with E-state index in [0.717, 1.165) is 12.3 Å². The number of carbonyl (C=O) groups excluding carboxylic acids is 1. The van der Waals surface area contributed by atoms with Crippen LogP contribution in [-0.4, -0.2) is 67.7 Å². The van der Waals surface area contributed by atoms with Crippen molar-refractivity contribution >= 4 is 59.0 Å². The van der Waals surface area contributed by atoms with Gasteiger partial charge in [0, 0.05) is 49.7 Å². The summed E-state index contributed by atoms with van der Waals surface area (Å²) in [6.07, 6.45) is 0.996. The van der Waals surface area contributed by atoms with Gasteiger partial charge in [0.1, 0.15) is 5.56 Å². The van der Waals surface area contributed by atoms with E-state index in [0.29, 0.717) is 30.3 Å². The third-order valence-corrected chi connectivity index (χ3v) is 5.61. The maximum atomic E-state index is 12.6. The highest BCUT2D eigenvalue weighted by atomic mass is 79.9. The highest BCUT2D eigenvalue weighted by Gasteiger charge is 2.29. The van der Waals surface area contributed by atoms with Gasteiger partial charge in [0.15, 0.2) is 9.84 Å². The number of nitro groups is 1. The highest BCUT2D eigenvalue weighted by Crippen LogP contribution is 2.33. The van der Waals surface area contributed by atoms with Crippen molar-refractivity contribution in [2.24, 2.45) is 0 Å². The minimum atomic E-state index is -3.74. The van der Waals surface area contributed by atoms with Gasteiger partial charge in [-0.2, -0.15) is 0 Å². The third kappa shape index (κ3) is 5.40. The first-order chi connectivity index (χ1) is 12.1. The first-order valence-corrected chi connectivity index (χ1v) is 11.9. The van der Waals surface area contributed by atoms with Crippen molar-refractivity contribution in [3.8, 4) is 0 Å². The number of hydrogen-bond acceptors (Lipinski definition) is 6. The van der Waals surface area contributed by atoms with Crippen LogP contribution in [0.15, 0.2) is 17.0 Å². The SMILES string of the molecule is CCN(C)C(=O)c1cc(N(CCBr)CCBr)c(S(C)(=O)=O)cc1[N+](=O)[O-]. The molecule has 0 aliphatic carbocycles. The summed E-state index contributed by atoms with van der Waals surface area (Å²) < 4.78 is 24.5. The molecular weight excluding hydrogens is 494 g/mol. The van der Waals surface area contributed by atoms with Crippen LogP contribution in [0.3, 0.4) is 0 Å². The molecular formula is C15H21Br2N3O5S. The average molecular weight is 515 g/mol. The Hall–Kier alpha value is -1.20. The second-order valence-corrected chi connectivity index (χ2v) is 9.12. The molecule has 0 heterocycles. The van der Waals surface area contributed by atoms with Crippen molar-refractivity contribution in [3.05, 3.63) is 27.8 Å². The number of sulfone groups is 1. The maximum Gasteiger partial charge on any atom is 0.283 e. The molecule has 0 radical (unpaired) electrons. The van der Waals surface area contributed by atoms with Crippen molar-refractivity contribution in [2.75, 3.05) is 48.5 Å². The number of halogens is 2. The van der Waals surface area contributed by atoms with Gasteiger partial charge in [-0.25, -0.2) is 8.42 Å². The fraction of sp³-hybridized carbons (Fsp3) is 0.533. The molecule has 0 bridgehead atoms. The summed E-state index contributed by atoms with van der Waals surface area (Å²) in [7, 11) is -2.21. The topological polar surface area (TPSA) is 101 Å². The van der Waals surface area contributed by atoms with Gasteiger partial charge < -0.3 is 9.80 Å². The molecule has 0 unspecified atom stereocenters. The molecule has 0 saturated carbocycles. The molecule has 8 nitrogen and oxygen atoms in total. The van der Waals surface area contributed by atoms with Gasteiger partial charge in [-0.1, -0.05) is 31.9 Å². The molecule has 0 saturated heterocycles. The molecule has 0 atom stereocenters. The molecule has 1 aromatic carbocycles. The lowest BCUT2D eigenvalue weighted by Crippen LogP contribution is -2.31. The van der Waals surface area contributed by atoms with Gasteiger partial charge in [0.2, 0.25) is 0 Å². The van der Waals surface area contributed by atoms with Crippen LogP contribution in [0, 0.1) is 10.1 Å². The van der Waals surface area contributed by atoms with Crippen LogP contribution in [0.4, 0.5) is 11.4 Å².